The number of carboxylic acid groups (broad SMARTS) is 1. The van der Waals surface area contributed by atoms with Crippen LogP contribution >= 0.6 is 0 Å². The van der Waals surface area contributed by atoms with Gasteiger partial charge < -0.3 is 96.7 Å². The van der Waals surface area contributed by atoms with E-state index in [0.29, 0.717) is 6.07 Å². The molecular weight excluding hydrogens is 905 g/mol. The number of aliphatic hydroxyl groups is 1. The molecule has 0 radical (unpaired) electrons. The molecule has 0 heterocycles. The Morgan fingerprint density at radius 2 is 1.04 bits per heavy atom. The number of hydrogen-bond acceptors (Lipinski definition) is 16. The van der Waals surface area contributed by atoms with Crippen LogP contribution in [0.5, 0.6) is 5.75 Å². The summed E-state index contributed by atoms with van der Waals surface area (Å²) < 4.78 is 0. The first kappa shape index (κ1) is 52.3. The number of carbonyl (C=O) groups is 7. The summed E-state index contributed by atoms with van der Waals surface area (Å²) in [5, 5.41) is 91.9. The van der Waals surface area contributed by atoms with Crippen LogP contribution < -0.4 is 81.4 Å². The zero-order chi connectivity index (χ0) is 51.0. The zero-order valence-electron chi connectivity index (χ0n) is 34.9. The molecule has 0 aromatic heterocycles. The van der Waals surface area contributed by atoms with Crippen molar-refractivity contribution in [3.8, 4) is 5.75 Å². The number of amides is 6. The van der Waals surface area contributed by atoms with Gasteiger partial charge >= 0.3 is 5.97 Å². The number of nitro benzene ring substituents is 1. The van der Waals surface area contributed by atoms with Crippen LogP contribution in [-0.2, 0) is 35.3 Å². The summed E-state index contributed by atoms with van der Waals surface area (Å²) >= 11 is 0. The van der Waals surface area contributed by atoms with Gasteiger partial charge in [0.2, 0.25) is 12.1 Å². The molecule has 0 aliphatic heterocycles. The molecule has 0 spiro atoms. The first-order valence-corrected chi connectivity index (χ1v) is 18.9. The highest BCUT2D eigenvalue weighted by molar-refractivity contribution is 6.00. The van der Waals surface area contributed by atoms with Gasteiger partial charge in [0.15, 0.2) is 48.5 Å². The number of rotatable bonds is 22. The van der Waals surface area contributed by atoms with Crippen molar-refractivity contribution in [3.63, 3.8) is 0 Å². The lowest BCUT2D eigenvalue weighted by atomic mass is 10.1. The molecule has 3 rings (SSSR count). The minimum Gasteiger partial charge on any atom is -0.508 e. The number of hydrogen-bond donors (Lipinski definition) is 21. The summed E-state index contributed by atoms with van der Waals surface area (Å²) in [5.41, 5.74) is 25.1. The fourth-order valence-corrected chi connectivity index (χ4v) is 5.67. The molecule has 3 aromatic carbocycles. The molecule has 32 nitrogen and oxygen atoms in total. The average molecular weight is 951 g/mol. The number of aliphatic hydroxyl groups excluding tert-OH is 1. The lowest BCUT2D eigenvalue weighted by Gasteiger charge is -2.32. The maximum Gasteiger partial charge on any atom is 0.338 e. The summed E-state index contributed by atoms with van der Waals surface area (Å²) in [6.45, 7) is -0.468. The van der Waals surface area contributed by atoms with Gasteiger partial charge in [0.05, 0.1) is 16.2 Å². The summed E-state index contributed by atoms with van der Waals surface area (Å²) in [6.07, 6.45) is -10.6. The SMILES string of the molecule is N=C(N)NC(NC(=O)C(NC(=N)N)NC(=O)C(NC(=N)N)NC(=O)C(NC(=N)N)NC(=O)C(NC(=O)C(O)N(Cc1ccc(O)cc1)c1ccc([N+](=O)[O-])cc1C(=O)O)c1ccccc1)C(N)=O. The Morgan fingerprint density at radius 3 is 1.47 bits per heavy atom. The Bertz CT molecular complexity index is 2460. The number of aromatic hydroxyl groups is 1. The predicted octanol–water partition coefficient (Wildman–Crippen LogP) is -6.63. The fourth-order valence-electron chi connectivity index (χ4n) is 5.67. The predicted molar refractivity (Wildman–Crippen MR) is 235 cm³/mol. The molecule has 6 unspecified atom stereocenters. The summed E-state index contributed by atoms with van der Waals surface area (Å²) in [5.74, 6) is -13.7. The van der Waals surface area contributed by atoms with E-state index in [9.17, 15) is 59.0 Å². The van der Waals surface area contributed by atoms with Crippen molar-refractivity contribution in [1.82, 2.24) is 47.9 Å². The molecule has 6 amide bonds. The zero-order valence-corrected chi connectivity index (χ0v) is 34.9. The molecular formula is C36H46N20O12. The normalized spacial score (nSPS) is 13.1. The van der Waals surface area contributed by atoms with E-state index in [4.69, 9.17) is 50.3 Å². The van der Waals surface area contributed by atoms with Crippen molar-refractivity contribution in [3.05, 3.63) is 99.6 Å². The molecule has 0 saturated carbocycles. The van der Waals surface area contributed by atoms with Gasteiger partial charge in [-0.3, -0.25) is 60.5 Å². The van der Waals surface area contributed by atoms with E-state index in [-0.39, 0.29) is 16.9 Å². The largest absolute Gasteiger partial charge is 0.508 e. The van der Waals surface area contributed by atoms with Crippen molar-refractivity contribution >= 4 is 76.6 Å². The molecule has 32 heteroatoms. The smallest absolute Gasteiger partial charge is 0.338 e. The van der Waals surface area contributed by atoms with Crippen LogP contribution in [0.25, 0.3) is 0 Å². The van der Waals surface area contributed by atoms with E-state index in [1.54, 1.807) is 0 Å². The Balaban J connectivity index is 1.98. The quantitative estimate of drug-likeness (QED) is 0.0146. The number of carbonyl (C=O) groups excluding carboxylic acids is 6. The highest BCUT2D eigenvalue weighted by atomic mass is 16.6. The molecule has 0 aliphatic rings. The molecule has 6 atom stereocenters. The van der Waals surface area contributed by atoms with Gasteiger partial charge in [-0.05, 0) is 29.3 Å². The van der Waals surface area contributed by atoms with Gasteiger partial charge in [0.1, 0.15) is 11.8 Å². The minimum atomic E-state index is -2.38. The average Bonchev–Trinajstić information content (AvgIpc) is 3.25. The maximum absolute atomic E-state index is 14.1. The van der Waals surface area contributed by atoms with Crippen LogP contribution in [0.15, 0.2) is 72.8 Å². The third-order valence-electron chi connectivity index (χ3n) is 8.65. The van der Waals surface area contributed by atoms with E-state index in [1.165, 1.54) is 54.6 Å². The fraction of sp³-hybridized carbons (Fsp3) is 0.194. The van der Waals surface area contributed by atoms with E-state index in [0.717, 1.165) is 17.0 Å². The minimum absolute atomic E-state index is 0.00551. The number of anilines is 1. The number of nitrogens with zero attached hydrogens (tertiary/aromatic N) is 2. The van der Waals surface area contributed by atoms with Crippen LogP contribution in [0.2, 0.25) is 0 Å². The summed E-state index contributed by atoms with van der Waals surface area (Å²) in [4.78, 5) is 104. The number of nitrogens with one attached hydrogen (secondary N) is 13. The van der Waals surface area contributed by atoms with E-state index in [2.05, 4.69) is 16.0 Å². The number of phenols is 1. The first-order valence-electron chi connectivity index (χ1n) is 18.9. The number of non-ortho nitro benzene ring substituents is 1. The molecule has 0 saturated heterocycles. The standard InChI is InChI=1S/C36H46N20O12/c37-21(58)22(51-33(38)39)47-27(60)24(53-35(42)43)49-29(62)25(54-36(44)45)50-28(61)23(52-34(40)41)48-26(59)20(15-4-2-1-3-5-15)46-30(63)31(64)55(13-14-6-9-17(57)10-7-14)19-11-8-16(56(67)68)12-18(19)32(65)66/h1-12,20,22-25,31,57,64H,13H2,(H2,37,58)(H,46,63)(H,47,60)(H,48,59)(H,49,62)(H,50,61)(H,65,66)(H4,38,39,51)(H4,40,41,52)(H4,42,43,53)(H4,44,45,54). The number of phenolic OH excluding ortho intramolecular Hbond substituents is 1. The van der Waals surface area contributed by atoms with Crippen molar-refractivity contribution < 1.29 is 53.8 Å². The Hall–Kier alpha value is -10.0. The van der Waals surface area contributed by atoms with Crippen molar-refractivity contribution in [2.75, 3.05) is 4.90 Å². The Morgan fingerprint density at radius 1 is 0.603 bits per heavy atom. The monoisotopic (exact) mass is 950 g/mol. The van der Waals surface area contributed by atoms with Crippen LogP contribution in [0, 0.1) is 31.8 Å². The van der Waals surface area contributed by atoms with Gasteiger partial charge in [-0.2, -0.15) is 0 Å². The van der Waals surface area contributed by atoms with Crippen LogP contribution in [0.1, 0.15) is 27.5 Å². The summed E-state index contributed by atoms with van der Waals surface area (Å²) in [6, 6.07) is 13.0. The number of nitro groups is 1. The third-order valence-corrected chi connectivity index (χ3v) is 8.65. The third kappa shape index (κ3) is 15.4. The summed E-state index contributed by atoms with van der Waals surface area (Å²) in [7, 11) is 0. The number of benzene rings is 3. The van der Waals surface area contributed by atoms with Crippen molar-refractivity contribution in [2.45, 2.75) is 43.5 Å². The molecule has 0 bridgehead atoms. The highest BCUT2D eigenvalue weighted by Crippen LogP contribution is 2.29. The van der Waals surface area contributed by atoms with Gasteiger partial charge in [0, 0.05) is 18.7 Å². The molecule has 0 fully saturated rings. The van der Waals surface area contributed by atoms with Gasteiger partial charge in [-0.1, -0.05) is 42.5 Å². The number of primary amides is 1. The van der Waals surface area contributed by atoms with E-state index < -0.39 is 131 Å². The maximum atomic E-state index is 14.1. The second kappa shape index (κ2) is 23.6. The second-order valence-electron chi connectivity index (χ2n) is 13.7. The molecule has 362 valence electrons. The molecule has 68 heavy (non-hydrogen) atoms. The van der Waals surface area contributed by atoms with Crippen molar-refractivity contribution in [2.24, 2.45) is 28.7 Å². The number of guanidine groups is 4. The van der Waals surface area contributed by atoms with Gasteiger partial charge in [0.25, 0.3) is 35.2 Å². The first-order chi connectivity index (χ1) is 31.9. The van der Waals surface area contributed by atoms with Crippen LogP contribution in [0.3, 0.4) is 0 Å². The Labute approximate surface area is 381 Å². The van der Waals surface area contributed by atoms with Crippen LogP contribution in [-0.4, -0.2) is 116 Å². The van der Waals surface area contributed by atoms with Gasteiger partial charge in [-0.15, -0.1) is 0 Å². The molecule has 26 N–H and O–H groups in total. The van der Waals surface area contributed by atoms with E-state index >= 15 is 0 Å². The highest BCUT2D eigenvalue weighted by Gasteiger charge is 2.36. The second-order valence-corrected chi connectivity index (χ2v) is 13.7. The van der Waals surface area contributed by atoms with E-state index in [1.807, 2.05) is 31.9 Å². The molecule has 3 aromatic rings. The Kier molecular flexibility index (Phi) is 18.2. The van der Waals surface area contributed by atoms with Gasteiger partial charge in [-0.25, -0.2) is 4.79 Å². The molecule has 0 aliphatic carbocycles. The number of aromatic carboxylic acids is 1. The lowest BCUT2D eigenvalue weighted by molar-refractivity contribution is -0.384. The van der Waals surface area contributed by atoms with Crippen molar-refractivity contribution in [1.29, 1.82) is 21.6 Å². The lowest BCUT2D eigenvalue weighted by Crippen LogP contribution is -2.68. The number of carboxylic acids is 1. The van der Waals surface area contributed by atoms with Crippen LogP contribution in [0.4, 0.5) is 11.4 Å². The topological polar surface area (TPSA) is 560 Å². The number of nitrogens with two attached hydrogens (primary N) is 5.